The molecule has 5 nitrogen and oxygen atoms in total. The Morgan fingerprint density at radius 2 is 2.19 bits per heavy atom. The number of nitrogens with one attached hydrogen (secondary N) is 1. The first-order chi connectivity index (χ1) is 7.78. The first-order valence-electron chi connectivity index (χ1n) is 5.18. The first-order valence-corrected chi connectivity index (χ1v) is 5.18. The summed E-state index contributed by atoms with van der Waals surface area (Å²) in [6.45, 7) is 5.49. The van der Waals surface area contributed by atoms with Gasteiger partial charge in [-0.05, 0) is 13.3 Å². The lowest BCUT2D eigenvalue weighted by Gasteiger charge is -1.98. The lowest BCUT2D eigenvalue weighted by molar-refractivity contribution is -0.128. The molecule has 1 rings (SSSR count). The first kappa shape index (κ1) is 14.3. The highest BCUT2D eigenvalue weighted by Crippen LogP contribution is 2.17. The normalized spacial score (nSPS) is 8.69. The number of aromatic nitrogens is 1. The predicted octanol–water partition coefficient (Wildman–Crippen LogP) is 1.99. The maximum atomic E-state index is 9.18. The molecule has 1 N–H and O–H groups in total. The number of ether oxygens (including phenoxy) is 3. The molecule has 0 unspecified atom stereocenters. The smallest absolute Gasteiger partial charge is 0.293 e. The molecule has 0 fully saturated rings. The van der Waals surface area contributed by atoms with E-state index in [1.807, 2.05) is 6.07 Å². The van der Waals surface area contributed by atoms with Gasteiger partial charge in [0.1, 0.15) is 5.75 Å². The van der Waals surface area contributed by atoms with Crippen molar-refractivity contribution in [3.63, 3.8) is 0 Å². The van der Waals surface area contributed by atoms with E-state index in [0.717, 1.165) is 24.7 Å². The molecule has 0 saturated carbocycles. The Morgan fingerprint density at radius 3 is 2.56 bits per heavy atom. The minimum Gasteiger partial charge on any atom is -0.492 e. The molecule has 5 heteroatoms. The summed E-state index contributed by atoms with van der Waals surface area (Å²) in [4.78, 5) is 12.1. The fraction of sp³-hybridized carbons (Fsp3) is 0.545. The molecule has 0 aliphatic rings. The summed E-state index contributed by atoms with van der Waals surface area (Å²) in [6.07, 6.45) is 2.81. The molecular formula is C11H19NO4. The zero-order valence-corrected chi connectivity index (χ0v) is 9.99. The Hall–Kier alpha value is -1.65. The summed E-state index contributed by atoms with van der Waals surface area (Å²) in [6, 6.07) is 1.83. The number of hydrogen-bond donors (Lipinski definition) is 1. The van der Waals surface area contributed by atoms with Crippen molar-refractivity contribution in [1.29, 1.82) is 0 Å². The van der Waals surface area contributed by atoms with Gasteiger partial charge in [0, 0.05) is 12.3 Å². The van der Waals surface area contributed by atoms with E-state index < -0.39 is 0 Å². The third-order valence-electron chi connectivity index (χ3n) is 1.56. The molecule has 0 atom stereocenters. The summed E-state index contributed by atoms with van der Waals surface area (Å²) in [5, 5.41) is 0. The summed E-state index contributed by atoms with van der Waals surface area (Å²) >= 11 is 0. The molecule has 0 radical (unpaired) electrons. The summed E-state index contributed by atoms with van der Waals surface area (Å²) in [5.74, 6) is 1.57. The van der Waals surface area contributed by atoms with Gasteiger partial charge >= 0.3 is 0 Å². The quantitative estimate of drug-likeness (QED) is 0.758. The van der Waals surface area contributed by atoms with Crippen LogP contribution in [-0.4, -0.2) is 31.8 Å². The van der Waals surface area contributed by atoms with Crippen molar-refractivity contribution >= 4 is 6.47 Å². The van der Waals surface area contributed by atoms with Crippen LogP contribution in [0.4, 0.5) is 0 Å². The van der Waals surface area contributed by atoms with Crippen molar-refractivity contribution in [2.45, 2.75) is 20.3 Å². The SMILES string of the molecule is CCCOc1c[nH]c(OC)c1.CCOC=O. The molecule has 1 heterocycles. The molecule has 1 aromatic heterocycles. The van der Waals surface area contributed by atoms with Crippen LogP contribution in [0.25, 0.3) is 0 Å². The van der Waals surface area contributed by atoms with Crippen LogP contribution in [0.1, 0.15) is 20.3 Å². The van der Waals surface area contributed by atoms with E-state index in [9.17, 15) is 4.79 Å². The van der Waals surface area contributed by atoms with Gasteiger partial charge in [-0.25, -0.2) is 0 Å². The van der Waals surface area contributed by atoms with Gasteiger partial charge in [-0.15, -0.1) is 0 Å². The Morgan fingerprint density at radius 1 is 1.44 bits per heavy atom. The molecule has 0 aliphatic heterocycles. The van der Waals surface area contributed by atoms with E-state index in [2.05, 4.69) is 16.6 Å². The monoisotopic (exact) mass is 229 g/mol. The van der Waals surface area contributed by atoms with Gasteiger partial charge in [-0.1, -0.05) is 6.92 Å². The van der Waals surface area contributed by atoms with E-state index in [4.69, 9.17) is 9.47 Å². The molecule has 0 aromatic carbocycles. The maximum absolute atomic E-state index is 9.18. The maximum Gasteiger partial charge on any atom is 0.293 e. The Bertz CT molecular complexity index is 273. The van der Waals surface area contributed by atoms with Crippen LogP contribution in [0.2, 0.25) is 0 Å². The third-order valence-corrected chi connectivity index (χ3v) is 1.56. The average Bonchev–Trinajstić information content (AvgIpc) is 2.76. The van der Waals surface area contributed by atoms with E-state index in [0.29, 0.717) is 13.1 Å². The minimum absolute atomic E-state index is 0.431. The van der Waals surface area contributed by atoms with Gasteiger partial charge in [-0.2, -0.15) is 0 Å². The number of hydrogen-bond acceptors (Lipinski definition) is 4. The molecule has 0 bridgehead atoms. The van der Waals surface area contributed by atoms with Crippen molar-refractivity contribution < 1.29 is 19.0 Å². The molecule has 0 aliphatic carbocycles. The molecule has 92 valence electrons. The van der Waals surface area contributed by atoms with Crippen LogP contribution >= 0.6 is 0 Å². The van der Waals surface area contributed by atoms with E-state index >= 15 is 0 Å². The minimum atomic E-state index is 0.431. The highest BCUT2D eigenvalue weighted by atomic mass is 16.5. The fourth-order valence-corrected chi connectivity index (χ4v) is 0.844. The summed E-state index contributed by atoms with van der Waals surface area (Å²) in [5.41, 5.74) is 0. The van der Waals surface area contributed by atoms with Gasteiger partial charge in [0.2, 0.25) is 0 Å². The van der Waals surface area contributed by atoms with Gasteiger partial charge in [0.15, 0.2) is 5.88 Å². The molecule has 1 aromatic rings. The summed E-state index contributed by atoms with van der Waals surface area (Å²) < 4.78 is 14.4. The van der Waals surface area contributed by atoms with E-state index in [1.54, 1.807) is 20.2 Å². The molecular weight excluding hydrogens is 210 g/mol. The van der Waals surface area contributed by atoms with Crippen LogP contribution < -0.4 is 9.47 Å². The molecule has 0 saturated heterocycles. The van der Waals surface area contributed by atoms with Crippen LogP contribution in [0.15, 0.2) is 12.3 Å². The Kier molecular flexibility index (Phi) is 8.87. The number of H-pyrrole nitrogens is 1. The topological polar surface area (TPSA) is 60.6 Å². The van der Waals surface area contributed by atoms with Crippen LogP contribution in [0, 0.1) is 0 Å². The van der Waals surface area contributed by atoms with Crippen LogP contribution in [-0.2, 0) is 9.53 Å². The second-order valence-corrected chi connectivity index (χ2v) is 2.80. The number of methoxy groups -OCH3 is 1. The number of aromatic amines is 1. The second kappa shape index (κ2) is 9.89. The van der Waals surface area contributed by atoms with Crippen LogP contribution in [0.3, 0.4) is 0 Å². The van der Waals surface area contributed by atoms with Gasteiger partial charge < -0.3 is 19.2 Å². The van der Waals surface area contributed by atoms with Crippen molar-refractivity contribution in [3.8, 4) is 11.6 Å². The zero-order chi connectivity index (χ0) is 12.2. The van der Waals surface area contributed by atoms with E-state index in [1.165, 1.54) is 0 Å². The summed E-state index contributed by atoms with van der Waals surface area (Å²) in [7, 11) is 1.62. The van der Waals surface area contributed by atoms with Crippen molar-refractivity contribution in [2.75, 3.05) is 20.3 Å². The fourth-order valence-electron chi connectivity index (χ4n) is 0.844. The molecule has 16 heavy (non-hydrogen) atoms. The van der Waals surface area contributed by atoms with Gasteiger partial charge in [-0.3, -0.25) is 4.79 Å². The number of carbonyl (C=O) groups is 1. The van der Waals surface area contributed by atoms with E-state index in [-0.39, 0.29) is 0 Å². The van der Waals surface area contributed by atoms with Crippen LogP contribution in [0.5, 0.6) is 11.6 Å². The standard InChI is InChI=1S/C8H13NO2.C3H6O2/c1-3-4-11-7-5-8(10-2)9-6-7;1-2-5-3-4/h5-6,9H,3-4H2,1-2H3;3H,2H2,1H3. The van der Waals surface area contributed by atoms with Crippen molar-refractivity contribution in [1.82, 2.24) is 4.98 Å². The zero-order valence-electron chi connectivity index (χ0n) is 9.99. The van der Waals surface area contributed by atoms with Gasteiger partial charge in [0.05, 0.1) is 20.3 Å². The van der Waals surface area contributed by atoms with Crippen molar-refractivity contribution in [3.05, 3.63) is 12.3 Å². The molecule has 0 spiro atoms. The Balaban J connectivity index is 0.000000385. The third kappa shape index (κ3) is 6.75. The molecule has 0 amide bonds. The number of carbonyl (C=O) groups excluding carboxylic acids is 1. The highest BCUT2D eigenvalue weighted by molar-refractivity contribution is 5.36. The largest absolute Gasteiger partial charge is 0.492 e. The average molecular weight is 229 g/mol. The lowest BCUT2D eigenvalue weighted by atomic mass is 10.5. The lowest BCUT2D eigenvalue weighted by Crippen LogP contribution is -1.92. The van der Waals surface area contributed by atoms with Gasteiger partial charge in [0.25, 0.3) is 6.47 Å². The number of rotatable bonds is 6. The highest BCUT2D eigenvalue weighted by Gasteiger charge is 1.97. The second-order valence-electron chi connectivity index (χ2n) is 2.80. The Labute approximate surface area is 95.7 Å². The predicted molar refractivity (Wildman–Crippen MR) is 60.8 cm³/mol. The van der Waals surface area contributed by atoms with Crippen molar-refractivity contribution in [2.24, 2.45) is 0 Å².